The molecule has 1 atom stereocenters. The van der Waals surface area contributed by atoms with E-state index in [1.807, 2.05) is 6.07 Å². The molecule has 1 aliphatic rings. The average molecular weight is 413 g/mol. The van der Waals surface area contributed by atoms with Gasteiger partial charge in [0.2, 0.25) is 5.88 Å². The zero-order valence-electron chi connectivity index (χ0n) is 12.8. The molecule has 1 aromatic heterocycles. The number of thiophene rings is 1. The predicted octanol–water partition coefficient (Wildman–Crippen LogP) is 2.31. The number of esters is 2. The van der Waals surface area contributed by atoms with E-state index in [1.165, 1.54) is 25.6 Å². The molecule has 0 aromatic carbocycles. The van der Waals surface area contributed by atoms with E-state index in [-0.39, 0.29) is 29.2 Å². The van der Waals surface area contributed by atoms with Crippen molar-refractivity contribution >= 4 is 39.2 Å². The summed E-state index contributed by atoms with van der Waals surface area (Å²) in [7, 11) is 2.43. The van der Waals surface area contributed by atoms with Gasteiger partial charge in [0.15, 0.2) is 0 Å². The highest BCUT2D eigenvalue weighted by molar-refractivity contribution is 9.11. The third-order valence-corrected chi connectivity index (χ3v) is 5.00. The summed E-state index contributed by atoms with van der Waals surface area (Å²) in [5, 5.41) is 9.45. The molecule has 2 rings (SSSR count). The van der Waals surface area contributed by atoms with Crippen LogP contribution < -0.4 is 5.73 Å². The molecule has 1 aliphatic heterocycles. The van der Waals surface area contributed by atoms with Gasteiger partial charge in [0.05, 0.1) is 29.5 Å². The van der Waals surface area contributed by atoms with Gasteiger partial charge in [0, 0.05) is 4.88 Å². The van der Waals surface area contributed by atoms with Gasteiger partial charge in [-0.05, 0) is 28.1 Å². The van der Waals surface area contributed by atoms with Gasteiger partial charge in [0.1, 0.15) is 23.8 Å². The fourth-order valence-electron chi connectivity index (χ4n) is 2.25. The van der Waals surface area contributed by atoms with Crippen molar-refractivity contribution in [3.05, 3.63) is 43.6 Å². The molecule has 0 unspecified atom stereocenters. The van der Waals surface area contributed by atoms with Crippen LogP contribution in [0.3, 0.4) is 0 Å². The van der Waals surface area contributed by atoms with Crippen LogP contribution in [0.25, 0.3) is 0 Å². The lowest BCUT2D eigenvalue weighted by Crippen LogP contribution is -2.26. The Morgan fingerprint density at radius 2 is 2.12 bits per heavy atom. The van der Waals surface area contributed by atoms with E-state index in [1.54, 1.807) is 12.1 Å². The molecule has 1 aromatic rings. The number of carbonyl (C=O) groups excluding carboxylic acids is 2. The van der Waals surface area contributed by atoms with Crippen molar-refractivity contribution in [1.82, 2.24) is 0 Å². The third kappa shape index (κ3) is 3.44. The van der Waals surface area contributed by atoms with Crippen LogP contribution in [0.5, 0.6) is 0 Å². The molecule has 0 fully saturated rings. The van der Waals surface area contributed by atoms with Gasteiger partial charge in [-0.3, -0.25) is 4.79 Å². The monoisotopic (exact) mass is 412 g/mol. The molecule has 0 saturated heterocycles. The Hall–Kier alpha value is -2.31. The van der Waals surface area contributed by atoms with Gasteiger partial charge in [-0.2, -0.15) is 5.26 Å². The second-order valence-corrected chi connectivity index (χ2v) is 7.14. The number of nitrogens with two attached hydrogens (primary N) is 1. The number of hydrogen-bond donors (Lipinski definition) is 1. The predicted molar refractivity (Wildman–Crippen MR) is 88.3 cm³/mol. The summed E-state index contributed by atoms with van der Waals surface area (Å²) in [5.74, 6) is -2.22. The first-order valence-electron chi connectivity index (χ1n) is 6.63. The van der Waals surface area contributed by atoms with Crippen molar-refractivity contribution in [3.63, 3.8) is 0 Å². The van der Waals surface area contributed by atoms with Crippen LogP contribution in [0.1, 0.15) is 17.2 Å². The van der Waals surface area contributed by atoms with Gasteiger partial charge >= 0.3 is 11.9 Å². The van der Waals surface area contributed by atoms with Crippen molar-refractivity contribution in [2.24, 2.45) is 5.73 Å². The summed E-state index contributed by atoms with van der Waals surface area (Å²) in [6.45, 7) is 0. The largest absolute Gasteiger partial charge is 0.469 e. The smallest absolute Gasteiger partial charge is 0.338 e. The van der Waals surface area contributed by atoms with E-state index in [9.17, 15) is 14.9 Å². The van der Waals surface area contributed by atoms with E-state index in [4.69, 9.17) is 15.2 Å². The van der Waals surface area contributed by atoms with Crippen LogP contribution in [-0.2, 0) is 23.8 Å². The number of halogens is 1. The van der Waals surface area contributed by atoms with E-state index in [0.29, 0.717) is 4.88 Å². The number of ether oxygens (including phenoxy) is 3. The lowest BCUT2D eigenvalue weighted by Gasteiger charge is -2.26. The van der Waals surface area contributed by atoms with Crippen molar-refractivity contribution in [2.45, 2.75) is 12.3 Å². The van der Waals surface area contributed by atoms with Crippen molar-refractivity contribution in [1.29, 1.82) is 5.26 Å². The minimum atomic E-state index is -0.771. The Morgan fingerprint density at radius 1 is 1.42 bits per heavy atom. The van der Waals surface area contributed by atoms with Crippen LogP contribution >= 0.6 is 27.3 Å². The second-order valence-electron chi connectivity index (χ2n) is 4.65. The maximum absolute atomic E-state index is 12.3. The molecular formula is C15H13BrN2O5S. The molecule has 2 heterocycles. The number of allylic oxidation sites excluding steroid dienone is 1. The Balaban J connectivity index is 2.65. The molecule has 0 spiro atoms. The highest BCUT2D eigenvalue weighted by Crippen LogP contribution is 2.43. The number of nitrogens with zero attached hydrogens (tertiary/aromatic N) is 1. The van der Waals surface area contributed by atoms with E-state index in [0.717, 1.165) is 3.79 Å². The summed E-state index contributed by atoms with van der Waals surface area (Å²) < 4.78 is 15.6. The summed E-state index contributed by atoms with van der Waals surface area (Å²) in [5.41, 5.74) is 5.97. The maximum atomic E-state index is 12.3. The molecule has 0 amide bonds. The SMILES string of the molecule is COC(=O)CC1=C(C(=O)OC)[C@@H](c2ccc(Br)s2)C(C#N)=C(N)O1. The van der Waals surface area contributed by atoms with Gasteiger partial charge in [-0.15, -0.1) is 11.3 Å². The van der Waals surface area contributed by atoms with E-state index >= 15 is 0 Å². The molecule has 2 N–H and O–H groups in total. The summed E-state index contributed by atoms with van der Waals surface area (Å²) in [6.07, 6.45) is -0.302. The lowest BCUT2D eigenvalue weighted by atomic mass is 9.87. The molecule has 126 valence electrons. The number of rotatable bonds is 4. The molecule has 0 bridgehead atoms. The number of methoxy groups -OCH3 is 2. The fourth-order valence-corrected chi connectivity index (χ4v) is 3.80. The Morgan fingerprint density at radius 3 is 2.62 bits per heavy atom. The zero-order chi connectivity index (χ0) is 17.9. The molecule has 0 saturated carbocycles. The lowest BCUT2D eigenvalue weighted by molar-refractivity contribution is -0.140. The van der Waals surface area contributed by atoms with Crippen LogP contribution in [-0.4, -0.2) is 26.2 Å². The Bertz CT molecular complexity index is 790. The summed E-state index contributed by atoms with van der Waals surface area (Å²) in [4.78, 5) is 24.6. The van der Waals surface area contributed by atoms with Crippen molar-refractivity contribution < 1.29 is 23.8 Å². The van der Waals surface area contributed by atoms with Crippen molar-refractivity contribution in [2.75, 3.05) is 14.2 Å². The van der Waals surface area contributed by atoms with Crippen LogP contribution in [0.15, 0.2) is 38.7 Å². The molecule has 7 nitrogen and oxygen atoms in total. The molecule has 24 heavy (non-hydrogen) atoms. The Labute approximate surface area is 150 Å². The highest BCUT2D eigenvalue weighted by Gasteiger charge is 2.38. The minimum absolute atomic E-state index is 0.0136. The number of nitriles is 1. The molecule has 0 radical (unpaired) electrons. The minimum Gasteiger partial charge on any atom is -0.469 e. The summed E-state index contributed by atoms with van der Waals surface area (Å²) >= 11 is 4.68. The average Bonchev–Trinajstić information content (AvgIpc) is 2.99. The quantitative estimate of drug-likeness (QED) is 0.754. The van der Waals surface area contributed by atoms with Crippen LogP contribution in [0.2, 0.25) is 0 Å². The standard InChI is InChI=1S/C15H13BrN2O5S/c1-21-11(19)5-8-13(15(20)22-2)12(7(6-17)14(18)23-8)9-3-4-10(16)24-9/h3-4,12H,5,18H2,1-2H3/t12-/m1/s1. The topological polar surface area (TPSA) is 112 Å². The van der Waals surface area contributed by atoms with Crippen LogP contribution in [0, 0.1) is 11.3 Å². The first-order valence-corrected chi connectivity index (χ1v) is 8.24. The normalized spacial score (nSPS) is 17.2. The maximum Gasteiger partial charge on any atom is 0.338 e. The van der Waals surface area contributed by atoms with Crippen LogP contribution in [0.4, 0.5) is 0 Å². The zero-order valence-corrected chi connectivity index (χ0v) is 15.2. The van der Waals surface area contributed by atoms with Gasteiger partial charge in [-0.1, -0.05) is 0 Å². The first-order chi connectivity index (χ1) is 11.4. The van der Waals surface area contributed by atoms with Gasteiger partial charge < -0.3 is 19.9 Å². The fraction of sp³-hybridized carbons (Fsp3) is 0.267. The molecular weight excluding hydrogens is 400 g/mol. The van der Waals surface area contributed by atoms with Gasteiger partial charge in [0.25, 0.3) is 0 Å². The highest BCUT2D eigenvalue weighted by atomic mass is 79.9. The number of carbonyl (C=O) groups is 2. The molecule has 9 heteroatoms. The summed E-state index contributed by atoms with van der Waals surface area (Å²) in [6, 6.07) is 5.52. The van der Waals surface area contributed by atoms with Gasteiger partial charge in [-0.25, -0.2) is 4.79 Å². The second kappa shape index (κ2) is 7.51. The third-order valence-electron chi connectivity index (χ3n) is 3.31. The number of hydrogen-bond acceptors (Lipinski definition) is 8. The van der Waals surface area contributed by atoms with Crippen molar-refractivity contribution in [3.8, 4) is 6.07 Å². The van der Waals surface area contributed by atoms with E-state index in [2.05, 4.69) is 20.7 Å². The first kappa shape index (κ1) is 18.0. The Kier molecular flexibility index (Phi) is 5.64. The molecule has 0 aliphatic carbocycles. The van der Waals surface area contributed by atoms with E-state index < -0.39 is 17.9 Å².